The molecule has 0 saturated carbocycles. The van der Waals surface area contributed by atoms with Crippen molar-refractivity contribution in [2.24, 2.45) is 0 Å². The van der Waals surface area contributed by atoms with Gasteiger partial charge in [0.2, 0.25) is 0 Å². The van der Waals surface area contributed by atoms with E-state index < -0.39 is 29.4 Å². The van der Waals surface area contributed by atoms with Gasteiger partial charge in [-0.25, -0.2) is 0 Å². The monoisotopic (exact) mass is 416 g/mol. The van der Waals surface area contributed by atoms with Crippen LogP contribution in [0.15, 0.2) is 42.5 Å². The molecule has 0 radical (unpaired) electrons. The van der Waals surface area contributed by atoms with E-state index >= 15 is 0 Å². The average Bonchev–Trinajstić information content (AvgIpc) is 2.67. The van der Waals surface area contributed by atoms with Crippen molar-refractivity contribution in [2.75, 3.05) is 23.3 Å². The summed E-state index contributed by atoms with van der Waals surface area (Å²) in [6.07, 6.45) is -6.57. The maximum absolute atomic E-state index is 13.1. The third-order valence-electron chi connectivity index (χ3n) is 4.71. The smallest absolute Gasteiger partial charge is 0.371 e. The van der Waals surface area contributed by atoms with E-state index in [2.05, 4.69) is 5.32 Å². The second-order valence-electron chi connectivity index (χ2n) is 6.81. The van der Waals surface area contributed by atoms with E-state index in [-0.39, 0.29) is 11.3 Å². The molecule has 1 aliphatic heterocycles. The fourth-order valence-electron chi connectivity index (χ4n) is 3.28. The van der Waals surface area contributed by atoms with Gasteiger partial charge in [-0.05, 0) is 55.7 Å². The molecule has 1 heterocycles. The first-order valence-electron chi connectivity index (χ1n) is 9.00. The lowest BCUT2D eigenvalue weighted by Gasteiger charge is -2.30. The molecule has 1 N–H and O–H groups in total. The standard InChI is InChI=1S/C20H18F6N2O/c21-19(22,23)13-5-4-6-15(11-13)27-18(29)16-12-14(20(24,25)26)7-8-17(16)28-9-2-1-3-10-28/h4-8,11-12H,1-3,9-10H2,(H,27,29). The van der Waals surface area contributed by atoms with Crippen molar-refractivity contribution in [3.63, 3.8) is 0 Å². The number of nitrogens with one attached hydrogen (secondary N) is 1. The van der Waals surface area contributed by atoms with Gasteiger partial charge in [-0.2, -0.15) is 26.3 Å². The van der Waals surface area contributed by atoms with Crippen LogP contribution in [0.4, 0.5) is 37.7 Å². The maximum Gasteiger partial charge on any atom is 0.416 e. The molecule has 1 fully saturated rings. The van der Waals surface area contributed by atoms with Crippen LogP contribution in [0, 0.1) is 0 Å². The van der Waals surface area contributed by atoms with Gasteiger partial charge in [0.05, 0.1) is 16.7 Å². The quantitative estimate of drug-likeness (QED) is 0.626. The highest BCUT2D eigenvalue weighted by Crippen LogP contribution is 2.35. The number of halogens is 6. The third kappa shape index (κ3) is 5.02. The Labute approximate surface area is 163 Å². The van der Waals surface area contributed by atoms with Crippen molar-refractivity contribution in [2.45, 2.75) is 31.6 Å². The minimum atomic E-state index is -4.65. The van der Waals surface area contributed by atoms with E-state index in [9.17, 15) is 31.1 Å². The van der Waals surface area contributed by atoms with Crippen molar-refractivity contribution in [1.29, 1.82) is 0 Å². The molecular formula is C20H18F6N2O. The second-order valence-corrected chi connectivity index (χ2v) is 6.81. The number of amides is 1. The molecule has 2 aromatic carbocycles. The van der Waals surface area contributed by atoms with Gasteiger partial charge in [0.25, 0.3) is 5.91 Å². The molecule has 1 saturated heterocycles. The number of nitrogens with zero attached hydrogens (tertiary/aromatic N) is 1. The predicted molar refractivity (Wildman–Crippen MR) is 96.9 cm³/mol. The lowest BCUT2D eigenvalue weighted by molar-refractivity contribution is -0.138. The number of carbonyl (C=O) groups excluding carboxylic acids is 1. The van der Waals surface area contributed by atoms with E-state index in [0.29, 0.717) is 18.8 Å². The maximum atomic E-state index is 13.1. The molecule has 0 spiro atoms. The van der Waals surface area contributed by atoms with Crippen molar-refractivity contribution in [3.8, 4) is 0 Å². The van der Waals surface area contributed by atoms with E-state index in [4.69, 9.17) is 0 Å². The van der Waals surface area contributed by atoms with Crippen LogP contribution in [0.2, 0.25) is 0 Å². The summed E-state index contributed by atoms with van der Waals surface area (Å²) in [7, 11) is 0. The molecular weight excluding hydrogens is 398 g/mol. The first kappa shape index (κ1) is 21.0. The van der Waals surface area contributed by atoms with Crippen LogP contribution in [-0.4, -0.2) is 19.0 Å². The van der Waals surface area contributed by atoms with Crippen LogP contribution < -0.4 is 10.2 Å². The molecule has 0 atom stereocenters. The lowest BCUT2D eigenvalue weighted by atomic mass is 10.0. The number of anilines is 2. The fourth-order valence-corrected chi connectivity index (χ4v) is 3.28. The molecule has 1 aliphatic rings. The Morgan fingerprint density at radius 2 is 1.45 bits per heavy atom. The minimum absolute atomic E-state index is 0.146. The summed E-state index contributed by atoms with van der Waals surface area (Å²) >= 11 is 0. The molecule has 0 aliphatic carbocycles. The van der Waals surface area contributed by atoms with Gasteiger partial charge in [-0.1, -0.05) is 6.07 Å². The summed E-state index contributed by atoms with van der Waals surface area (Å²) in [6.45, 7) is 1.18. The summed E-state index contributed by atoms with van der Waals surface area (Å²) in [5, 5.41) is 2.30. The summed E-state index contributed by atoms with van der Waals surface area (Å²) in [5.74, 6) is -0.893. The van der Waals surface area contributed by atoms with Crippen molar-refractivity contribution < 1.29 is 31.1 Å². The molecule has 9 heteroatoms. The average molecular weight is 416 g/mol. The molecule has 0 bridgehead atoms. The number of carbonyl (C=O) groups is 1. The molecule has 29 heavy (non-hydrogen) atoms. The zero-order valence-corrected chi connectivity index (χ0v) is 15.2. The zero-order valence-electron chi connectivity index (χ0n) is 15.2. The molecule has 3 nitrogen and oxygen atoms in total. The largest absolute Gasteiger partial charge is 0.416 e. The molecule has 0 unspecified atom stereocenters. The predicted octanol–water partition coefficient (Wildman–Crippen LogP) is 5.97. The highest BCUT2D eigenvalue weighted by Gasteiger charge is 2.33. The highest BCUT2D eigenvalue weighted by molar-refractivity contribution is 6.08. The Kier molecular flexibility index (Phi) is 5.77. The normalized spacial score (nSPS) is 15.3. The topological polar surface area (TPSA) is 32.3 Å². The van der Waals surface area contributed by atoms with Gasteiger partial charge < -0.3 is 10.2 Å². The van der Waals surface area contributed by atoms with Crippen LogP contribution in [0.1, 0.15) is 40.7 Å². The summed E-state index contributed by atoms with van der Waals surface area (Å²) in [5.41, 5.74) is -1.99. The number of hydrogen-bond acceptors (Lipinski definition) is 2. The Hall–Kier alpha value is -2.71. The van der Waals surface area contributed by atoms with Gasteiger partial charge >= 0.3 is 12.4 Å². The zero-order chi connectivity index (χ0) is 21.2. The van der Waals surface area contributed by atoms with Crippen LogP contribution in [0.5, 0.6) is 0 Å². The van der Waals surface area contributed by atoms with Crippen LogP contribution in [0.3, 0.4) is 0 Å². The van der Waals surface area contributed by atoms with Gasteiger partial charge in [0, 0.05) is 24.5 Å². The van der Waals surface area contributed by atoms with E-state index in [1.807, 2.05) is 4.90 Å². The van der Waals surface area contributed by atoms with E-state index in [1.165, 1.54) is 12.1 Å². The number of benzene rings is 2. The Balaban J connectivity index is 1.95. The van der Waals surface area contributed by atoms with E-state index in [0.717, 1.165) is 49.6 Å². The number of rotatable bonds is 3. The Bertz CT molecular complexity index is 885. The minimum Gasteiger partial charge on any atom is -0.371 e. The van der Waals surface area contributed by atoms with Gasteiger partial charge in [0.1, 0.15) is 0 Å². The third-order valence-corrected chi connectivity index (χ3v) is 4.71. The molecule has 2 aromatic rings. The summed E-state index contributed by atoms with van der Waals surface area (Å²) < 4.78 is 78.1. The van der Waals surface area contributed by atoms with Crippen molar-refractivity contribution >= 4 is 17.3 Å². The first-order valence-corrected chi connectivity index (χ1v) is 9.00. The number of alkyl halides is 6. The van der Waals surface area contributed by atoms with Crippen LogP contribution in [-0.2, 0) is 12.4 Å². The fraction of sp³-hybridized carbons (Fsp3) is 0.350. The van der Waals surface area contributed by atoms with Gasteiger partial charge in [0.15, 0.2) is 0 Å². The lowest BCUT2D eigenvalue weighted by Crippen LogP contribution is -2.31. The number of hydrogen-bond donors (Lipinski definition) is 1. The Morgan fingerprint density at radius 1 is 0.828 bits per heavy atom. The van der Waals surface area contributed by atoms with E-state index in [1.54, 1.807) is 0 Å². The van der Waals surface area contributed by atoms with Gasteiger partial charge in [-0.15, -0.1) is 0 Å². The van der Waals surface area contributed by atoms with Crippen molar-refractivity contribution in [3.05, 3.63) is 59.2 Å². The van der Waals surface area contributed by atoms with Crippen LogP contribution >= 0.6 is 0 Å². The van der Waals surface area contributed by atoms with Gasteiger partial charge in [-0.3, -0.25) is 4.79 Å². The van der Waals surface area contributed by atoms with Crippen molar-refractivity contribution in [1.82, 2.24) is 0 Å². The first-order chi connectivity index (χ1) is 13.6. The molecule has 3 rings (SSSR count). The molecule has 0 aromatic heterocycles. The summed E-state index contributed by atoms with van der Waals surface area (Å²) in [4.78, 5) is 14.6. The second kappa shape index (κ2) is 7.96. The Morgan fingerprint density at radius 3 is 2.07 bits per heavy atom. The SMILES string of the molecule is O=C(Nc1cccc(C(F)(F)F)c1)c1cc(C(F)(F)F)ccc1N1CCCCC1. The molecule has 1 amide bonds. The number of piperidine rings is 1. The van der Waals surface area contributed by atoms with Crippen LogP contribution in [0.25, 0.3) is 0 Å². The highest BCUT2D eigenvalue weighted by atomic mass is 19.4. The molecule has 156 valence electrons. The summed E-state index contributed by atoms with van der Waals surface area (Å²) in [6, 6.07) is 6.86.